The van der Waals surface area contributed by atoms with Gasteiger partial charge in [0.05, 0.1) is 10.5 Å². The van der Waals surface area contributed by atoms with Crippen LogP contribution in [0.3, 0.4) is 0 Å². The number of sulfonamides is 1. The van der Waals surface area contributed by atoms with Crippen molar-refractivity contribution in [2.24, 2.45) is 0 Å². The van der Waals surface area contributed by atoms with Gasteiger partial charge in [-0.05, 0) is 61.6 Å². The van der Waals surface area contributed by atoms with E-state index in [9.17, 15) is 18.0 Å². The van der Waals surface area contributed by atoms with E-state index in [0.717, 1.165) is 49.2 Å². The second kappa shape index (κ2) is 11.8. The Morgan fingerprint density at radius 1 is 1.02 bits per heavy atom. The normalized spacial score (nSPS) is 18.2. The highest BCUT2D eigenvalue weighted by Gasteiger charge is 2.32. The van der Waals surface area contributed by atoms with Crippen LogP contribution < -0.4 is 5.32 Å². The summed E-state index contributed by atoms with van der Waals surface area (Å²) in [4.78, 5) is 31.7. The van der Waals surface area contributed by atoms with E-state index in [1.54, 1.807) is 30.5 Å². The number of amides is 2. The minimum atomic E-state index is -3.62. The summed E-state index contributed by atoms with van der Waals surface area (Å²) >= 11 is 1.45. The van der Waals surface area contributed by atoms with E-state index in [2.05, 4.69) is 22.3 Å². The molecule has 1 aromatic heterocycles. The average molecular weight is 581 g/mol. The van der Waals surface area contributed by atoms with Gasteiger partial charge in [0.1, 0.15) is 5.00 Å². The molecule has 40 heavy (non-hydrogen) atoms. The minimum Gasteiger partial charge on any atom is -0.345 e. The molecule has 3 heterocycles. The van der Waals surface area contributed by atoms with E-state index in [0.29, 0.717) is 29.2 Å². The van der Waals surface area contributed by atoms with Crippen molar-refractivity contribution in [2.45, 2.75) is 56.6 Å². The van der Waals surface area contributed by atoms with Crippen molar-refractivity contribution < 1.29 is 18.0 Å². The van der Waals surface area contributed by atoms with E-state index >= 15 is 0 Å². The predicted molar refractivity (Wildman–Crippen MR) is 158 cm³/mol. The number of hydrogen-bond donors (Lipinski definition) is 1. The molecule has 5 rings (SSSR count). The van der Waals surface area contributed by atoms with Crippen LogP contribution >= 0.6 is 11.3 Å². The van der Waals surface area contributed by atoms with Crippen molar-refractivity contribution in [3.8, 4) is 0 Å². The van der Waals surface area contributed by atoms with Crippen LogP contribution in [0.15, 0.2) is 59.5 Å². The molecule has 3 aromatic rings. The second-order valence-corrected chi connectivity index (χ2v) is 13.8. The first-order valence-electron chi connectivity index (χ1n) is 13.7. The lowest BCUT2D eigenvalue weighted by Gasteiger charge is -2.32. The Morgan fingerprint density at radius 3 is 2.42 bits per heavy atom. The third-order valence-electron chi connectivity index (χ3n) is 7.70. The number of nitrogens with one attached hydrogen (secondary N) is 1. The number of carbonyl (C=O) groups is 2. The number of anilines is 1. The predicted octanol–water partition coefficient (Wildman–Crippen LogP) is 4.82. The maximum atomic E-state index is 13.3. The Bertz CT molecular complexity index is 1480. The molecule has 212 valence electrons. The zero-order valence-corrected chi connectivity index (χ0v) is 24.9. The van der Waals surface area contributed by atoms with Gasteiger partial charge in [-0.3, -0.25) is 14.5 Å². The van der Waals surface area contributed by atoms with Gasteiger partial charge in [0.15, 0.2) is 0 Å². The fraction of sp³-hybridized carbons (Fsp3) is 0.400. The van der Waals surface area contributed by atoms with Gasteiger partial charge in [-0.15, -0.1) is 11.3 Å². The fourth-order valence-corrected chi connectivity index (χ4v) is 8.47. The lowest BCUT2D eigenvalue weighted by molar-refractivity contribution is 0.0827. The zero-order chi connectivity index (χ0) is 28.4. The lowest BCUT2D eigenvalue weighted by Crippen LogP contribution is -2.41. The number of hydrogen-bond acceptors (Lipinski definition) is 6. The standard InChI is InChI=1S/C30H36N4O4S2/c1-21-9-7-8-17-34(21)40(37,38)24-14-12-23(13-15-24)28(35)31-29-27(30(36)32(2)3)25-16-18-33(20-26(25)39-29)19-22-10-5-4-6-11-22/h4-6,10-15,21H,7-9,16-20H2,1-3H3,(H,31,35). The Balaban J connectivity index is 1.36. The Labute approximate surface area is 240 Å². The Kier molecular flexibility index (Phi) is 8.42. The molecule has 1 saturated heterocycles. The summed E-state index contributed by atoms with van der Waals surface area (Å²) in [6.07, 6.45) is 3.46. The summed E-state index contributed by atoms with van der Waals surface area (Å²) in [6, 6.07) is 16.3. The van der Waals surface area contributed by atoms with E-state index in [1.807, 2.05) is 25.1 Å². The SMILES string of the molecule is CC1CCCCN1S(=O)(=O)c1ccc(C(=O)Nc2sc3c(c2C(=O)N(C)C)CCN(Cc2ccccc2)C3)cc1. The third-order valence-corrected chi connectivity index (χ3v) is 10.9. The quantitative estimate of drug-likeness (QED) is 0.433. The number of carbonyl (C=O) groups excluding carboxylic acids is 2. The highest BCUT2D eigenvalue weighted by molar-refractivity contribution is 7.89. The third kappa shape index (κ3) is 5.85. The van der Waals surface area contributed by atoms with Gasteiger partial charge in [0.2, 0.25) is 10.0 Å². The van der Waals surface area contributed by atoms with E-state index in [4.69, 9.17) is 0 Å². The molecular formula is C30H36N4O4S2. The van der Waals surface area contributed by atoms with Crippen LogP contribution in [0.4, 0.5) is 5.00 Å². The van der Waals surface area contributed by atoms with Crippen LogP contribution in [0.2, 0.25) is 0 Å². The molecule has 1 unspecified atom stereocenters. The van der Waals surface area contributed by atoms with Crippen molar-refractivity contribution in [3.05, 3.63) is 81.7 Å². The molecule has 0 saturated carbocycles. The van der Waals surface area contributed by atoms with Gasteiger partial charge >= 0.3 is 0 Å². The maximum Gasteiger partial charge on any atom is 0.256 e. The van der Waals surface area contributed by atoms with Crippen molar-refractivity contribution in [3.63, 3.8) is 0 Å². The fourth-order valence-electron chi connectivity index (χ4n) is 5.49. The van der Waals surface area contributed by atoms with Crippen LogP contribution in [0.5, 0.6) is 0 Å². The largest absolute Gasteiger partial charge is 0.345 e. The molecule has 0 radical (unpaired) electrons. The van der Waals surface area contributed by atoms with Crippen LogP contribution in [0.1, 0.15) is 62.9 Å². The first-order valence-corrected chi connectivity index (χ1v) is 16.0. The summed E-state index contributed by atoms with van der Waals surface area (Å²) < 4.78 is 27.9. The van der Waals surface area contributed by atoms with E-state index in [1.165, 1.54) is 33.9 Å². The van der Waals surface area contributed by atoms with Crippen LogP contribution in [-0.2, 0) is 29.5 Å². The molecule has 0 aliphatic carbocycles. The highest BCUT2D eigenvalue weighted by Crippen LogP contribution is 2.38. The highest BCUT2D eigenvalue weighted by atomic mass is 32.2. The van der Waals surface area contributed by atoms with Crippen LogP contribution in [0, 0.1) is 0 Å². The van der Waals surface area contributed by atoms with Gasteiger partial charge < -0.3 is 10.2 Å². The summed E-state index contributed by atoms with van der Waals surface area (Å²) in [5.74, 6) is -0.510. The first kappa shape index (κ1) is 28.5. The second-order valence-electron chi connectivity index (χ2n) is 10.8. The summed E-state index contributed by atoms with van der Waals surface area (Å²) in [5, 5.41) is 3.50. The topological polar surface area (TPSA) is 90.0 Å². The molecule has 0 spiro atoms. The minimum absolute atomic E-state index is 0.0390. The first-order chi connectivity index (χ1) is 19.1. The molecule has 2 aliphatic heterocycles. The molecule has 0 bridgehead atoms. The number of rotatable bonds is 7. The lowest BCUT2D eigenvalue weighted by atomic mass is 10.0. The molecule has 8 nitrogen and oxygen atoms in total. The molecular weight excluding hydrogens is 544 g/mol. The zero-order valence-electron chi connectivity index (χ0n) is 23.2. The summed E-state index contributed by atoms with van der Waals surface area (Å²) in [7, 11) is -0.195. The smallest absolute Gasteiger partial charge is 0.256 e. The van der Waals surface area contributed by atoms with Gasteiger partial charge in [-0.2, -0.15) is 4.31 Å². The van der Waals surface area contributed by atoms with Crippen LogP contribution in [0.25, 0.3) is 0 Å². The number of thiophene rings is 1. The monoisotopic (exact) mass is 580 g/mol. The maximum absolute atomic E-state index is 13.3. The Hall–Kier alpha value is -3.05. The molecule has 2 aromatic carbocycles. The molecule has 1 fully saturated rings. The van der Waals surface area contributed by atoms with Gasteiger partial charge in [0.25, 0.3) is 11.8 Å². The number of benzene rings is 2. The number of piperidine rings is 1. The Morgan fingerprint density at radius 2 is 1.75 bits per heavy atom. The summed E-state index contributed by atoms with van der Waals surface area (Å²) in [5.41, 5.74) is 3.13. The van der Waals surface area contributed by atoms with Crippen molar-refractivity contribution in [1.82, 2.24) is 14.1 Å². The number of fused-ring (bicyclic) bond motifs is 1. The number of nitrogens with zero attached hydrogens (tertiary/aromatic N) is 3. The van der Waals surface area contributed by atoms with Crippen molar-refractivity contribution in [1.29, 1.82) is 0 Å². The van der Waals surface area contributed by atoms with Gasteiger partial charge in [-0.25, -0.2) is 8.42 Å². The molecule has 2 aliphatic rings. The van der Waals surface area contributed by atoms with E-state index < -0.39 is 10.0 Å². The summed E-state index contributed by atoms with van der Waals surface area (Å²) in [6.45, 7) is 4.81. The van der Waals surface area contributed by atoms with Gasteiger partial charge in [-0.1, -0.05) is 36.8 Å². The average Bonchev–Trinajstić information content (AvgIpc) is 3.30. The van der Waals surface area contributed by atoms with Crippen molar-refractivity contribution >= 4 is 38.2 Å². The van der Waals surface area contributed by atoms with E-state index in [-0.39, 0.29) is 22.8 Å². The van der Waals surface area contributed by atoms with Crippen molar-refractivity contribution in [2.75, 3.05) is 32.5 Å². The van der Waals surface area contributed by atoms with Gasteiger partial charge in [0, 0.05) is 56.8 Å². The molecule has 1 atom stereocenters. The van der Waals surface area contributed by atoms with Crippen LogP contribution in [-0.4, -0.2) is 67.6 Å². The molecule has 1 N–H and O–H groups in total. The molecule has 2 amide bonds. The molecule has 10 heteroatoms.